The number of carbonyl (C=O) groups is 3. The first-order chi connectivity index (χ1) is 16.2. The number of benzene rings is 2. The highest BCUT2D eigenvalue weighted by Gasteiger charge is 2.26. The SMILES string of the molecule is Cn1c(C(=O)Nc2ccc(S(=O)(=O)NC(=O)NC(C)(C)CC(=O)O)cc2)cc2c(Cl)c(Cl)ccc21. The van der Waals surface area contributed by atoms with Crippen LogP contribution in [-0.2, 0) is 21.9 Å². The van der Waals surface area contributed by atoms with E-state index in [4.69, 9.17) is 28.3 Å². The molecule has 0 atom stereocenters. The highest BCUT2D eigenvalue weighted by molar-refractivity contribution is 7.90. The number of carbonyl (C=O) groups excluding carboxylic acids is 2. The van der Waals surface area contributed by atoms with Crippen molar-refractivity contribution in [2.45, 2.75) is 30.7 Å². The lowest BCUT2D eigenvalue weighted by Gasteiger charge is -2.24. The Hall–Kier alpha value is -3.28. The number of urea groups is 1. The number of carboxylic acid groups (broad SMARTS) is 1. The third kappa shape index (κ3) is 6.05. The van der Waals surface area contributed by atoms with E-state index in [1.165, 1.54) is 38.1 Å². The van der Waals surface area contributed by atoms with E-state index in [1.807, 2.05) is 4.72 Å². The zero-order chi connectivity index (χ0) is 26.1. The van der Waals surface area contributed by atoms with Gasteiger partial charge in [-0.2, -0.15) is 0 Å². The van der Waals surface area contributed by atoms with E-state index in [1.54, 1.807) is 29.8 Å². The molecule has 3 rings (SSSR count). The summed E-state index contributed by atoms with van der Waals surface area (Å²) in [6.45, 7) is 2.89. The van der Waals surface area contributed by atoms with Crippen LogP contribution < -0.4 is 15.4 Å². The van der Waals surface area contributed by atoms with Gasteiger partial charge >= 0.3 is 12.0 Å². The van der Waals surface area contributed by atoms with Gasteiger partial charge in [-0.25, -0.2) is 17.9 Å². The molecule has 1 heterocycles. The Morgan fingerprint density at radius 2 is 1.69 bits per heavy atom. The third-order valence-corrected chi connectivity index (χ3v) is 7.21. The summed E-state index contributed by atoms with van der Waals surface area (Å²) in [5.74, 6) is -1.60. The first-order valence-corrected chi connectivity index (χ1v) is 12.4. The van der Waals surface area contributed by atoms with Crippen molar-refractivity contribution in [3.05, 3.63) is 58.2 Å². The second kappa shape index (κ2) is 9.76. The molecule has 186 valence electrons. The Kier molecular flexibility index (Phi) is 7.34. The van der Waals surface area contributed by atoms with Crippen molar-refractivity contribution < 1.29 is 27.9 Å². The molecule has 10 nitrogen and oxygen atoms in total. The lowest BCUT2D eigenvalue weighted by atomic mass is 10.0. The summed E-state index contributed by atoms with van der Waals surface area (Å²) in [5.41, 5.74) is 0.164. The average Bonchev–Trinajstić information content (AvgIpc) is 3.06. The molecule has 3 amide bonds. The van der Waals surface area contributed by atoms with Crippen molar-refractivity contribution in [2.24, 2.45) is 7.05 Å². The van der Waals surface area contributed by atoms with Crippen molar-refractivity contribution in [1.29, 1.82) is 0 Å². The number of amides is 3. The van der Waals surface area contributed by atoms with Crippen molar-refractivity contribution in [3.8, 4) is 0 Å². The van der Waals surface area contributed by atoms with Crippen LogP contribution >= 0.6 is 23.2 Å². The molecule has 0 fully saturated rings. The van der Waals surface area contributed by atoms with E-state index in [0.29, 0.717) is 32.3 Å². The number of halogens is 2. The number of hydrogen-bond donors (Lipinski definition) is 4. The predicted molar refractivity (Wildman–Crippen MR) is 133 cm³/mol. The molecule has 0 aliphatic rings. The second-order valence-electron chi connectivity index (χ2n) is 8.38. The van der Waals surface area contributed by atoms with Gasteiger partial charge in [0.2, 0.25) is 0 Å². The zero-order valence-electron chi connectivity index (χ0n) is 18.8. The van der Waals surface area contributed by atoms with E-state index in [-0.39, 0.29) is 4.90 Å². The molecule has 0 aliphatic heterocycles. The molecule has 2 aromatic carbocycles. The zero-order valence-corrected chi connectivity index (χ0v) is 21.2. The molecule has 0 bridgehead atoms. The monoisotopic (exact) mass is 540 g/mol. The van der Waals surface area contributed by atoms with Gasteiger partial charge in [0.25, 0.3) is 15.9 Å². The quantitative estimate of drug-likeness (QED) is 0.356. The summed E-state index contributed by atoms with van der Waals surface area (Å²) in [6, 6.07) is 9.07. The number of sulfonamides is 1. The van der Waals surface area contributed by atoms with Crippen LogP contribution in [0, 0.1) is 0 Å². The summed E-state index contributed by atoms with van der Waals surface area (Å²) >= 11 is 12.3. The smallest absolute Gasteiger partial charge is 0.329 e. The lowest BCUT2D eigenvalue weighted by Crippen LogP contribution is -2.50. The Balaban J connectivity index is 1.72. The molecule has 3 aromatic rings. The number of nitrogens with one attached hydrogen (secondary N) is 3. The first-order valence-electron chi connectivity index (χ1n) is 10.1. The fourth-order valence-electron chi connectivity index (χ4n) is 3.42. The number of fused-ring (bicyclic) bond motifs is 1. The minimum absolute atomic E-state index is 0.229. The largest absolute Gasteiger partial charge is 0.481 e. The molecule has 1 aromatic heterocycles. The maximum atomic E-state index is 12.8. The minimum atomic E-state index is -4.24. The molecule has 35 heavy (non-hydrogen) atoms. The Bertz CT molecular complexity index is 1430. The standard InChI is InChI=1S/C22H22Cl2N4O6S/c1-22(2,11-18(29)30)26-21(32)27-35(33,34)13-6-4-12(5-7-13)25-20(31)17-10-14-16(28(17)3)9-8-15(23)19(14)24/h4-10H,11H2,1-3H3,(H,25,31)(H,29,30)(H2,26,27,32). The van der Waals surface area contributed by atoms with E-state index < -0.39 is 39.9 Å². The van der Waals surface area contributed by atoms with Crippen LogP contribution in [-0.4, -0.2) is 41.5 Å². The lowest BCUT2D eigenvalue weighted by molar-refractivity contribution is -0.138. The molecule has 0 unspecified atom stereocenters. The number of anilines is 1. The number of rotatable bonds is 7. The second-order valence-corrected chi connectivity index (χ2v) is 10.8. The summed E-state index contributed by atoms with van der Waals surface area (Å²) in [5, 5.41) is 15.2. The van der Waals surface area contributed by atoms with Crippen molar-refractivity contribution in [1.82, 2.24) is 14.6 Å². The summed E-state index contributed by atoms with van der Waals surface area (Å²) in [6.07, 6.45) is -0.398. The molecule has 0 radical (unpaired) electrons. The normalized spacial score (nSPS) is 11.8. The van der Waals surface area contributed by atoms with Crippen LogP contribution in [0.5, 0.6) is 0 Å². The first kappa shape index (κ1) is 26.3. The van der Waals surface area contributed by atoms with E-state index in [0.717, 1.165) is 0 Å². The van der Waals surface area contributed by atoms with Gasteiger partial charge in [0.05, 0.1) is 21.4 Å². The van der Waals surface area contributed by atoms with Crippen LogP contribution in [0.2, 0.25) is 10.0 Å². The third-order valence-electron chi connectivity index (χ3n) is 5.04. The highest BCUT2D eigenvalue weighted by Crippen LogP contribution is 2.32. The van der Waals surface area contributed by atoms with Gasteiger partial charge in [0.1, 0.15) is 5.69 Å². The molecule has 13 heteroatoms. The number of aryl methyl sites for hydroxylation is 1. The predicted octanol–water partition coefficient (Wildman–Crippen LogP) is 3.98. The minimum Gasteiger partial charge on any atom is -0.481 e. The van der Waals surface area contributed by atoms with Crippen LogP contribution in [0.3, 0.4) is 0 Å². The van der Waals surface area contributed by atoms with Gasteiger partial charge in [-0.1, -0.05) is 23.2 Å². The molecular weight excluding hydrogens is 519 g/mol. The number of hydrogen-bond acceptors (Lipinski definition) is 5. The highest BCUT2D eigenvalue weighted by atomic mass is 35.5. The fraction of sp³-hybridized carbons (Fsp3) is 0.227. The van der Waals surface area contributed by atoms with Crippen LogP contribution in [0.4, 0.5) is 10.5 Å². The number of aromatic nitrogens is 1. The van der Waals surface area contributed by atoms with Crippen LogP contribution in [0.1, 0.15) is 30.8 Å². The molecule has 0 aliphatic carbocycles. The number of aliphatic carboxylic acids is 1. The van der Waals surface area contributed by atoms with Crippen LogP contribution in [0.15, 0.2) is 47.4 Å². The van der Waals surface area contributed by atoms with Crippen molar-refractivity contribution >= 4 is 67.7 Å². The maximum Gasteiger partial charge on any atom is 0.329 e. The van der Waals surface area contributed by atoms with Crippen LogP contribution in [0.25, 0.3) is 10.9 Å². The number of carboxylic acids is 1. The summed E-state index contributed by atoms with van der Waals surface area (Å²) in [7, 11) is -2.54. The summed E-state index contributed by atoms with van der Waals surface area (Å²) in [4.78, 5) is 35.5. The molecule has 0 spiro atoms. The van der Waals surface area contributed by atoms with Gasteiger partial charge in [-0.05, 0) is 56.3 Å². The van der Waals surface area contributed by atoms with E-state index >= 15 is 0 Å². The van der Waals surface area contributed by atoms with E-state index in [2.05, 4.69) is 10.6 Å². The van der Waals surface area contributed by atoms with Gasteiger partial charge in [0, 0.05) is 29.2 Å². The Morgan fingerprint density at radius 1 is 1.06 bits per heavy atom. The summed E-state index contributed by atoms with van der Waals surface area (Å²) < 4.78 is 28.5. The van der Waals surface area contributed by atoms with Gasteiger partial charge in [-0.15, -0.1) is 0 Å². The Morgan fingerprint density at radius 3 is 2.29 bits per heavy atom. The molecule has 0 saturated heterocycles. The maximum absolute atomic E-state index is 12.8. The Labute approximate surface area is 211 Å². The van der Waals surface area contributed by atoms with Gasteiger partial charge in [-0.3, -0.25) is 9.59 Å². The molecular formula is C22H22Cl2N4O6S. The molecule has 4 N–H and O–H groups in total. The van der Waals surface area contributed by atoms with E-state index in [9.17, 15) is 22.8 Å². The van der Waals surface area contributed by atoms with Crippen molar-refractivity contribution in [3.63, 3.8) is 0 Å². The average molecular weight is 541 g/mol. The van der Waals surface area contributed by atoms with Gasteiger partial charge < -0.3 is 20.3 Å². The topological polar surface area (TPSA) is 147 Å². The number of nitrogens with zero attached hydrogens (tertiary/aromatic N) is 1. The fourth-order valence-corrected chi connectivity index (χ4v) is 4.70. The van der Waals surface area contributed by atoms with Crippen molar-refractivity contribution in [2.75, 3.05) is 5.32 Å². The molecule has 0 saturated carbocycles. The van der Waals surface area contributed by atoms with Gasteiger partial charge in [0.15, 0.2) is 0 Å².